The largest absolute Gasteiger partial charge is 0.480 e. The van der Waals surface area contributed by atoms with Crippen molar-refractivity contribution in [3.8, 4) is 0 Å². The van der Waals surface area contributed by atoms with E-state index in [9.17, 15) is 14.7 Å². The zero-order chi connectivity index (χ0) is 17.6. The second-order valence-corrected chi connectivity index (χ2v) is 6.32. The average Bonchev–Trinajstić information content (AvgIpc) is 2.90. The number of ether oxygens (including phenoxy) is 1. The summed E-state index contributed by atoms with van der Waals surface area (Å²) in [5.74, 6) is -0.713. The van der Waals surface area contributed by atoms with Crippen LogP contribution in [0.3, 0.4) is 0 Å². The van der Waals surface area contributed by atoms with Gasteiger partial charge in [-0.2, -0.15) is 0 Å². The predicted octanol–water partition coefficient (Wildman–Crippen LogP) is 1.56. The Balaban J connectivity index is 3.11. The van der Waals surface area contributed by atoms with Crippen molar-refractivity contribution in [1.29, 1.82) is 0 Å². The maximum Gasteiger partial charge on any atom is 0.320 e. The molecule has 6 atom stereocenters. The second-order valence-electron chi connectivity index (χ2n) is 6.32. The molecule has 1 aliphatic heterocycles. The molecule has 0 spiro atoms. The van der Waals surface area contributed by atoms with Gasteiger partial charge in [-0.3, -0.25) is 14.9 Å². The lowest BCUT2D eigenvalue weighted by atomic mass is 9.85. The minimum Gasteiger partial charge on any atom is -0.480 e. The van der Waals surface area contributed by atoms with E-state index in [1.165, 1.54) is 6.92 Å². The van der Waals surface area contributed by atoms with Gasteiger partial charge >= 0.3 is 5.97 Å². The standard InChI is InChI=1S/C17H30N2O4/c1-6-8-12-9-13(17(21)22)19-14(12)15(18-11(4)20)16(23-5)10(3)7-2/h6,8,10,12-16,19H,7,9H2,1-5H3,(H,18,20)(H,21,22)/b8-6-/t10?,12-,13-,14-,15-,16?/m1/s1. The van der Waals surface area contributed by atoms with Crippen LogP contribution in [0.1, 0.15) is 40.5 Å². The molecule has 6 nitrogen and oxygen atoms in total. The highest BCUT2D eigenvalue weighted by atomic mass is 16.5. The van der Waals surface area contributed by atoms with Gasteiger partial charge in [-0.05, 0) is 25.2 Å². The summed E-state index contributed by atoms with van der Waals surface area (Å²) in [6, 6.07) is -1.06. The highest BCUT2D eigenvalue weighted by Gasteiger charge is 2.44. The minimum atomic E-state index is -0.860. The Morgan fingerprint density at radius 1 is 1.48 bits per heavy atom. The molecule has 2 unspecified atom stereocenters. The fourth-order valence-corrected chi connectivity index (χ4v) is 3.41. The number of nitrogens with one attached hydrogen (secondary N) is 2. The maximum absolute atomic E-state index is 11.7. The van der Waals surface area contributed by atoms with E-state index >= 15 is 0 Å². The number of hydrogen-bond donors (Lipinski definition) is 3. The van der Waals surface area contributed by atoms with Gasteiger partial charge in [0.1, 0.15) is 6.04 Å². The summed E-state index contributed by atoms with van der Waals surface area (Å²) in [5, 5.41) is 15.5. The van der Waals surface area contributed by atoms with Crippen molar-refractivity contribution in [3.63, 3.8) is 0 Å². The van der Waals surface area contributed by atoms with Crippen LogP contribution >= 0.6 is 0 Å². The van der Waals surface area contributed by atoms with Crippen LogP contribution in [-0.4, -0.2) is 48.3 Å². The molecule has 0 aliphatic carbocycles. The summed E-state index contributed by atoms with van der Waals surface area (Å²) >= 11 is 0. The quantitative estimate of drug-likeness (QED) is 0.589. The number of methoxy groups -OCH3 is 1. The number of carboxylic acids is 1. The van der Waals surface area contributed by atoms with E-state index in [0.29, 0.717) is 6.42 Å². The van der Waals surface area contributed by atoms with E-state index in [1.807, 2.05) is 19.1 Å². The van der Waals surface area contributed by atoms with Crippen molar-refractivity contribution in [2.75, 3.05) is 7.11 Å². The molecule has 132 valence electrons. The Bertz CT molecular complexity index is 438. The number of hydrogen-bond acceptors (Lipinski definition) is 4. The van der Waals surface area contributed by atoms with Crippen LogP contribution in [0.4, 0.5) is 0 Å². The van der Waals surface area contributed by atoms with Crippen molar-refractivity contribution in [3.05, 3.63) is 12.2 Å². The summed E-state index contributed by atoms with van der Waals surface area (Å²) in [6.07, 6.45) is 5.19. The molecule has 0 aromatic carbocycles. The van der Waals surface area contributed by atoms with Crippen molar-refractivity contribution in [2.24, 2.45) is 11.8 Å². The van der Waals surface area contributed by atoms with Crippen LogP contribution in [0.2, 0.25) is 0 Å². The SMILES string of the molecule is C/C=C\[C@@H]1C[C@H](C(=O)O)N[C@H]1[C@@H](NC(C)=O)C(OC)C(C)CC. The lowest BCUT2D eigenvalue weighted by molar-refractivity contribution is -0.139. The lowest BCUT2D eigenvalue weighted by Gasteiger charge is -2.36. The third-order valence-corrected chi connectivity index (χ3v) is 4.69. The second kappa shape index (κ2) is 9.03. The molecule has 0 aromatic heterocycles. The van der Waals surface area contributed by atoms with Crippen molar-refractivity contribution < 1.29 is 19.4 Å². The maximum atomic E-state index is 11.7. The van der Waals surface area contributed by atoms with E-state index in [1.54, 1.807) is 7.11 Å². The number of aliphatic carboxylic acids is 1. The van der Waals surface area contributed by atoms with Gasteiger partial charge < -0.3 is 15.2 Å². The third kappa shape index (κ3) is 5.04. The molecule has 6 heteroatoms. The Morgan fingerprint density at radius 3 is 2.57 bits per heavy atom. The van der Waals surface area contributed by atoms with Gasteiger partial charge in [0.25, 0.3) is 0 Å². The van der Waals surface area contributed by atoms with E-state index in [-0.39, 0.29) is 35.9 Å². The summed E-state index contributed by atoms with van der Waals surface area (Å²) in [6.45, 7) is 7.55. The van der Waals surface area contributed by atoms with E-state index < -0.39 is 12.0 Å². The normalized spacial score (nSPS) is 28.5. The van der Waals surface area contributed by atoms with Crippen LogP contribution in [0, 0.1) is 11.8 Å². The smallest absolute Gasteiger partial charge is 0.320 e. The lowest BCUT2D eigenvalue weighted by Crippen LogP contribution is -2.58. The first-order chi connectivity index (χ1) is 10.8. The molecule has 0 bridgehead atoms. The number of amides is 1. The number of carbonyl (C=O) groups is 2. The number of rotatable bonds is 8. The van der Waals surface area contributed by atoms with E-state index in [2.05, 4.69) is 24.5 Å². The Hall–Kier alpha value is -1.40. The molecule has 1 aliphatic rings. The zero-order valence-corrected chi connectivity index (χ0v) is 14.7. The van der Waals surface area contributed by atoms with E-state index in [4.69, 9.17) is 4.74 Å². The van der Waals surface area contributed by atoms with Gasteiger partial charge in [0.2, 0.25) is 5.91 Å². The third-order valence-electron chi connectivity index (χ3n) is 4.69. The first-order valence-electron chi connectivity index (χ1n) is 8.27. The summed E-state index contributed by atoms with van der Waals surface area (Å²) < 4.78 is 5.67. The molecule has 23 heavy (non-hydrogen) atoms. The Labute approximate surface area is 138 Å². The summed E-state index contributed by atoms with van der Waals surface area (Å²) in [7, 11) is 1.64. The molecule has 0 saturated carbocycles. The Kier molecular flexibility index (Phi) is 7.72. The van der Waals surface area contributed by atoms with Crippen LogP contribution in [0.5, 0.6) is 0 Å². The number of carboxylic acid groups (broad SMARTS) is 1. The Morgan fingerprint density at radius 2 is 2.13 bits per heavy atom. The van der Waals surface area contributed by atoms with Gasteiger partial charge in [-0.1, -0.05) is 32.4 Å². The van der Waals surface area contributed by atoms with Crippen LogP contribution in [0.25, 0.3) is 0 Å². The zero-order valence-electron chi connectivity index (χ0n) is 14.7. The average molecular weight is 326 g/mol. The first kappa shape index (κ1) is 19.6. The predicted molar refractivity (Wildman–Crippen MR) is 89.1 cm³/mol. The summed E-state index contributed by atoms with van der Waals surface area (Å²) in [4.78, 5) is 23.1. The molecule has 1 fully saturated rings. The van der Waals surface area contributed by atoms with Crippen LogP contribution in [0.15, 0.2) is 12.2 Å². The topological polar surface area (TPSA) is 87.7 Å². The molecule has 1 heterocycles. The molecule has 1 amide bonds. The minimum absolute atomic E-state index is 0.0413. The van der Waals surface area contributed by atoms with Gasteiger partial charge in [-0.15, -0.1) is 0 Å². The fraction of sp³-hybridized carbons (Fsp3) is 0.765. The monoisotopic (exact) mass is 326 g/mol. The molecule has 0 aromatic rings. The van der Waals surface area contributed by atoms with Crippen LogP contribution in [-0.2, 0) is 14.3 Å². The molecular formula is C17H30N2O4. The number of allylic oxidation sites excluding steroid dienone is 1. The van der Waals surface area contributed by atoms with Crippen molar-refractivity contribution in [1.82, 2.24) is 10.6 Å². The van der Waals surface area contributed by atoms with Crippen molar-refractivity contribution >= 4 is 11.9 Å². The molecule has 3 N–H and O–H groups in total. The molecule has 1 rings (SSSR count). The van der Waals surface area contributed by atoms with Gasteiger partial charge in [0, 0.05) is 20.1 Å². The fourth-order valence-electron chi connectivity index (χ4n) is 3.41. The highest BCUT2D eigenvalue weighted by Crippen LogP contribution is 2.29. The van der Waals surface area contributed by atoms with Gasteiger partial charge in [-0.25, -0.2) is 0 Å². The van der Waals surface area contributed by atoms with Crippen molar-refractivity contribution in [2.45, 2.75) is 64.8 Å². The first-order valence-corrected chi connectivity index (χ1v) is 8.27. The number of carbonyl (C=O) groups excluding carboxylic acids is 1. The highest BCUT2D eigenvalue weighted by molar-refractivity contribution is 5.75. The van der Waals surface area contributed by atoms with Gasteiger partial charge in [0.05, 0.1) is 12.1 Å². The van der Waals surface area contributed by atoms with E-state index in [0.717, 1.165) is 6.42 Å². The van der Waals surface area contributed by atoms with Gasteiger partial charge in [0.15, 0.2) is 0 Å². The molecule has 0 radical (unpaired) electrons. The summed E-state index contributed by atoms with van der Waals surface area (Å²) in [5.41, 5.74) is 0. The molecular weight excluding hydrogens is 296 g/mol. The van der Waals surface area contributed by atoms with Crippen LogP contribution < -0.4 is 10.6 Å². The molecule has 1 saturated heterocycles.